The molecule has 0 N–H and O–H groups in total. The Balaban J connectivity index is 0.000000300. The molecule has 0 saturated carbocycles. The van der Waals surface area contributed by atoms with Crippen LogP contribution in [0, 0.1) is 13.8 Å². The van der Waals surface area contributed by atoms with Crippen LogP contribution in [0.15, 0.2) is 36.4 Å². The summed E-state index contributed by atoms with van der Waals surface area (Å²) in [6, 6.07) is 13.8. The van der Waals surface area contributed by atoms with Crippen LogP contribution in [0.25, 0.3) is 0 Å². The highest BCUT2D eigenvalue weighted by atomic mass is 14.3. The van der Waals surface area contributed by atoms with Crippen LogP contribution in [0.2, 0.25) is 0 Å². The molecule has 0 bridgehead atoms. The smallest absolute Gasteiger partial charge is 0.0129 e. The highest BCUT2D eigenvalue weighted by Gasteiger charge is 2.21. The van der Waals surface area contributed by atoms with Crippen molar-refractivity contribution in [2.45, 2.75) is 119 Å². The monoisotopic (exact) mass is 408 g/mol. The number of rotatable bonds is 0. The summed E-state index contributed by atoms with van der Waals surface area (Å²) in [4.78, 5) is 0. The van der Waals surface area contributed by atoms with E-state index in [-0.39, 0.29) is 21.7 Å². The predicted octanol–water partition coefficient (Wildman–Crippen LogP) is 9.18. The van der Waals surface area contributed by atoms with E-state index in [0.29, 0.717) is 0 Å². The van der Waals surface area contributed by atoms with Crippen LogP contribution in [0.1, 0.15) is 116 Å². The normalized spacial score (nSPS) is 13.0. The summed E-state index contributed by atoms with van der Waals surface area (Å²) in [6.07, 6.45) is 0. The summed E-state index contributed by atoms with van der Waals surface area (Å²) in [5, 5.41) is 0. The maximum absolute atomic E-state index is 2.37. The summed E-state index contributed by atoms with van der Waals surface area (Å²) < 4.78 is 0. The van der Waals surface area contributed by atoms with Gasteiger partial charge in [-0.2, -0.15) is 0 Å². The molecule has 0 heteroatoms. The van der Waals surface area contributed by atoms with Gasteiger partial charge >= 0.3 is 0 Å². The van der Waals surface area contributed by atoms with Gasteiger partial charge in [0.1, 0.15) is 0 Å². The zero-order chi connectivity index (χ0) is 23.7. The van der Waals surface area contributed by atoms with E-state index in [1.54, 1.807) is 0 Å². The Bertz CT molecular complexity index is 805. The van der Waals surface area contributed by atoms with Crippen molar-refractivity contribution >= 4 is 0 Å². The lowest BCUT2D eigenvalue weighted by molar-refractivity contribution is 0.565. The maximum Gasteiger partial charge on any atom is -0.0129 e. The Morgan fingerprint density at radius 1 is 0.433 bits per heavy atom. The van der Waals surface area contributed by atoms with Crippen molar-refractivity contribution in [3.63, 3.8) is 0 Å². The molecule has 168 valence electrons. The van der Waals surface area contributed by atoms with E-state index >= 15 is 0 Å². The van der Waals surface area contributed by atoms with Gasteiger partial charge in [-0.1, -0.05) is 125 Å². The maximum atomic E-state index is 2.37. The molecule has 30 heavy (non-hydrogen) atoms. The average Bonchev–Trinajstić information content (AvgIpc) is 2.51. The van der Waals surface area contributed by atoms with E-state index in [1.807, 2.05) is 0 Å². The summed E-state index contributed by atoms with van der Waals surface area (Å²) >= 11 is 0. The predicted molar refractivity (Wildman–Crippen MR) is 137 cm³/mol. The molecule has 0 aliphatic heterocycles. The molecule has 0 aliphatic rings. The highest BCUT2D eigenvalue weighted by molar-refractivity contribution is 5.38. The molecular weight excluding hydrogens is 360 g/mol. The van der Waals surface area contributed by atoms with Crippen LogP contribution in [0.3, 0.4) is 0 Å². The molecule has 0 spiro atoms. The summed E-state index contributed by atoms with van der Waals surface area (Å²) in [6.45, 7) is 31.7. The van der Waals surface area contributed by atoms with E-state index in [4.69, 9.17) is 0 Å². The topological polar surface area (TPSA) is 0 Å². The first-order valence-corrected chi connectivity index (χ1v) is 11.5. The van der Waals surface area contributed by atoms with Gasteiger partial charge in [-0.3, -0.25) is 0 Å². The van der Waals surface area contributed by atoms with Crippen LogP contribution in [-0.4, -0.2) is 0 Å². The minimum absolute atomic E-state index is 0.241. The second-order valence-electron chi connectivity index (χ2n) is 13.1. The molecule has 0 amide bonds. The number of aryl methyl sites for hydroxylation is 2. The molecule has 0 nitrogen and oxygen atoms in total. The summed E-state index contributed by atoms with van der Waals surface area (Å²) in [5.41, 5.74) is 9.51. The molecule has 0 aromatic heterocycles. The lowest BCUT2D eigenvalue weighted by Crippen LogP contribution is -2.17. The highest BCUT2D eigenvalue weighted by Crippen LogP contribution is 2.31. The van der Waals surface area contributed by atoms with Crippen LogP contribution < -0.4 is 0 Å². The second kappa shape index (κ2) is 8.89. The van der Waals surface area contributed by atoms with Crippen molar-refractivity contribution in [3.05, 3.63) is 69.8 Å². The molecular formula is C30H48. The Kier molecular flexibility index (Phi) is 7.85. The quantitative estimate of drug-likeness (QED) is 0.407. The molecule has 2 rings (SSSR count). The van der Waals surface area contributed by atoms with Crippen LogP contribution >= 0.6 is 0 Å². The minimum atomic E-state index is 0.241. The molecule has 0 fully saturated rings. The van der Waals surface area contributed by atoms with Gasteiger partial charge in [-0.05, 0) is 63.3 Å². The SMILES string of the molecule is Cc1cc(C(C)(C)C)cc(C(C)(C)C)c1.Cc1ccc(C(C)(C)C)cc1C(C)(C)C. The van der Waals surface area contributed by atoms with Gasteiger partial charge in [-0.15, -0.1) is 0 Å². The molecule has 2 aromatic rings. The van der Waals surface area contributed by atoms with Crippen molar-refractivity contribution in [3.8, 4) is 0 Å². The largest absolute Gasteiger partial charge is 0.0587 e. The fraction of sp³-hybridized carbons (Fsp3) is 0.600. The first kappa shape index (κ1) is 26.5. The lowest BCUT2D eigenvalue weighted by atomic mass is 9.79. The van der Waals surface area contributed by atoms with Gasteiger partial charge < -0.3 is 0 Å². The fourth-order valence-corrected chi connectivity index (χ4v) is 3.55. The Labute approximate surface area is 188 Å². The Morgan fingerprint density at radius 3 is 1.17 bits per heavy atom. The Morgan fingerprint density at radius 2 is 0.833 bits per heavy atom. The zero-order valence-corrected chi connectivity index (χ0v) is 22.5. The first-order chi connectivity index (χ1) is 13.2. The van der Waals surface area contributed by atoms with E-state index < -0.39 is 0 Å². The van der Waals surface area contributed by atoms with Crippen LogP contribution in [0.5, 0.6) is 0 Å². The van der Waals surface area contributed by atoms with Gasteiger partial charge in [0.15, 0.2) is 0 Å². The molecule has 2 aromatic carbocycles. The second-order valence-corrected chi connectivity index (χ2v) is 13.1. The van der Waals surface area contributed by atoms with Crippen LogP contribution in [-0.2, 0) is 21.7 Å². The van der Waals surface area contributed by atoms with Crippen molar-refractivity contribution in [2.75, 3.05) is 0 Å². The van der Waals surface area contributed by atoms with E-state index in [2.05, 4.69) is 133 Å². The van der Waals surface area contributed by atoms with E-state index in [1.165, 1.54) is 33.4 Å². The molecule has 0 saturated heterocycles. The molecule has 0 aliphatic carbocycles. The van der Waals surface area contributed by atoms with Gasteiger partial charge in [-0.25, -0.2) is 0 Å². The number of hydrogen-bond donors (Lipinski definition) is 0. The fourth-order valence-electron chi connectivity index (χ4n) is 3.55. The van der Waals surface area contributed by atoms with Crippen molar-refractivity contribution in [2.24, 2.45) is 0 Å². The van der Waals surface area contributed by atoms with Gasteiger partial charge in [0.05, 0.1) is 0 Å². The summed E-state index contributed by atoms with van der Waals surface area (Å²) in [5.74, 6) is 0. The Hall–Kier alpha value is -1.56. The average molecular weight is 409 g/mol. The third-order valence-corrected chi connectivity index (χ3v) is 5.72. The third kappa shape index (κ3) is 7.60. The molecule has 0 atom stereocenters. The third-order valence-electron chi connectivity index (χ3n) is 5.72. The van der Waals surface area contributed by atoms with Crippen molar-refractivity contribution < 1.29 is 0 Å². The van der Waals surface area contributed by atoms with E-state index in [9.17, 15) is 0 Å². The van der Waals surface area contributed by atoms with Gasteiger partial charge in [0, 0.05) is 0 Å². The molecule has 0 unspecified atom stereocenters. The summed E-state index contributed by atoms with van der Waals surface area (Å²) in [7, 11) is 0. The minimum Gasteiger partial charge on any atom is -0.0587 e. The zero-order valence-electron chi connectivity index (χ0n) is 22.5. The number of hydrogen-bond acceptors (Lipinski definition) is 0. The number of benzene rings is 2. The molecule has 0 heterocycles. The standard InChI is InChI=1S/2C15H24/c1-11-8-12(14(2,3)4)10-13(9-11)15(5,6)7;1-11-8-9-12(14(2,3)4)10-13(11)15(5,6)7/h2*8-10H,1-7H3. The van der Waals surface area contributed by atoms with Gasteiger partial charge in [0.2, 0.25) is 0 Å². The van der Waals surface area contributed by atoms with E-state index in [0.717, 1.165) is 0 Å². The van der Waals surface area contributed by atoms with Gasteiger partial charge in [0.25, 0.3) is 0 Å². The lowest BCUT2D eigenvalue weighted by Gasteiger charge is -2.26. The van der Waals surface area contributed by atoms with Crippen molar-refractivity contribution in [1.82, 2.24) is 0 Å². The van der Waals surface area contributed by atoms with Crippen molar-refractivity contribution in [1.29, 1.82) is 0 Å². The van der Waals surface area contributed by atoms with Crippen LogP contribution in [0.4, 0.5) is 0 Å². The first-order valence-electron chi connectivity index (χ1n) is 11.5. The molecule has 0 radical (unpaired) electrons.